The van der Waals surface area contributed by atoms with Crippen LogP contribution >= 0.6 is 0 Å². The first kappa shape index (κ1) is 15.5. The number of benzene rings is 1. The maximum atomic E-state index is 12.3. The quantitative estimate of drug-likeness (QED) is 0.762. The monoisotopic (exact) mass is 271 g/mol. The number of hydrogen-bond donors (Lipinski definition) is 0. The normalized spacial score (nSPS) is 9.35. The Morgan fingerprint density at radius 2 is 1.70 bits per heavy atom. The van der Waals surface area contributed by atoms with Gasteiger partial charge in [-0.2, -0.15) is 10.5 Å². The van der Waals surface area contributed by atoms with E-state index < -0.39 is 0 Å². The van der Waals surface area contributed by atoms with E-state index in [2.05, 4.69) is 0 Å². The number of nitrogens with zero attached hydrogens (tertiary/aromatic N) is 3. The highest BCUT2D eigenvalue weighted by Crippen LogP contribution is 2.14. The van der Waals surface area contributed by atoms with Gasteiger partial charge in [0.25, 0.3) is 5.91 Å². The molecule has 0 bridgehead atoms. The Morgan fingerprint density at radius 3 is 2.15 bits per heavy atom. The molecule has 1 rings (SSSR count). The number of carbonyl (C=O) groups excluding carboxylic acids is 1. The molecule has 5 heteroatoms. The molecule has 0 aliphatic carbocycles. The predicted octanol–water partition coefficient (Wildman–Crippen LogP) is 2.35. The zero-order valence-corrected chi connectivity index (χ0v) is 11.5. The van der Waals surface area contributed by atoms with E-state index in [1.165, 1.54) is 4.90 Å². The summed E-state index contributed by atoms with van der Waals surface area (Å²) in [5.41, 5.74) is 0.532. The molecule has 104 valence electrons. The van der Waals surface area contributed by atoms with E-state index in [0.717, 1.165) is 0 Å². The van der Waals surface area contributed by atoms with Crippen molar-refractivity contribution in [1.29, 1.82) is 10.5 Å². The Balaban J connectivity index is 2.77. The molecule has 0 saturated heterocycles. The fourth-order valence-corrected chi connectivity index (χ4v) is 1.73. The van der Waals surface area contributed by atoms with Crippen molar-refractivity contribution in [3.8, 4) is 17.9 Å². The highest BCUT2D eigenvalue weighted by Gasteiger charge is 2.15. The number of ether oxygens (including phenoxy) is 1. The van der Waals surface area contributed by atoms with Crippen molar-refractivity contribution in [2.45, 2.75) is 19.8 Å². The zero-order chi connectivity index (χ0) is 14.8. The fourth-order valence-electron chi connectivity index (χ4n) is 1.73. The van der Waals surface area contributed by atoms with Gasteiger partial charge in [0, 0.05) is 18.7 Å². The number of amides is 1. The summed E-state index contributed by atoms with van der Waals surface area (Å²) in [6.07, 6.45) is 0.516. The molecule has 20 heavy (non-hydrogen) atoms. The van der Waals surface area contributed by atoms with E-state index in [-0.39, 0.29) is 18.7 Å². The molecule has 1 amide bonds. The van der Waals surface area contributed by atoms with Crippen LogP contribution in [0.5, 0.6) is 5.75 Å². The molecule has 0 heterocycles. The average Bonchev–Trinajstić information content (AvgIpc) is 2.48. The summed E-state index contributed by atoms with van der Waals surface area (Å²) in [6.45, 7) is 3.14. The summed E-state index contributed by atoms with van der Waals surface area (Å²) in [5.74, 6) is 0.545. The predicted molar refractivity (Wildman–Crippen MR) is 74.0 cm³/mol. The lowest BCUT2D eigenvalue weighted by Crippen LogP contribution is -2.32. The Bertz CT molecular complexity index is 493. The van der Waals surface area contributed by atoms with Crippen LogP contribution in [-0.4, -0.2) is 30.5 Å². The van der Waals surface area contributed by atoms with Crippen molar-refractivity contribution in [2.24, 2.45) is 0 Å². The Labute approximate surface area is 119 Å². The molecule has 0 unspecified atom stereocenters. The summed E-state index contributed by atoms with van der Waals surface area (Å²) < 4.78 is 5.32. The minimum absolute atomic E-state index is 0.168. The van der Waals surface area contributed by atoms with Crippen molar-refractivity contribution >= 4 is 5.91 Å². The summed E-state index contributed by atoms with van der Waals surface area (Å²) in [6, 6.07) is 10.9. The summed E-state index contributed by atoms with van der Waals surface area (Å²) in [7, 11) is 0. The third-order valence-electron chi connectivity index (χ3n) is 2.69. The Morgan fingerprint density at radius 1 is 1.15 bits per heavy atom. The van der Waals surface area contributed by atoms with Gasteiger partial charge in [0.05, 0.1) is 31.6 Å². The van der Waals surface area contributed by atoms with E-state index >= 15 is 0 Å². The van der Waals surface area contributed by atoms with Crippen molar-refractivity contribution in [3.05, 3.63) is 29.8 Å². The van der Waals surface area contributed by atoms with Crippen LogP contribution in [0.4, 0.5) is 0 Å². The molecule has 0 atom stereocenters. The second kappa shape index (κ2) is 8.55. The van der Waals surface area contributed by atoms with Gasteiger partial charge < -0.3 is 9.64 Å². The van der Waals surface area contributed by atoms with E-state index in [0.29, 0.717) is 31.0 Å². The van der Waals surface area contributed by atoms with Crippen LogP contribution in [0, 0.1) is 22.7 Å². The Kier molecular flexibility index (Phi) is 6.64. The van der Waals surface area contributed by atoms with Gasteiger partial charge in [0.15, 0.2) is 0 Å². The third-order valence-corrected chi connectivity index (χ3v) is 2.69. The number of rotatable bonds is 7. The molecular formula is C15H17N3O2. The minimum Gasteiger partial charge on any atom is -0.494 e. The zero-order valence-electron chi connectivity index (χ0n) is 11.5. The summed E-state index contributed by atoms with van der Waals surface area (Å²) in [5, 5.41) is 17.2. The average molecular weight is 271 g/mol. The molecule has 0 fully saturated rings. The van der Waals surface area contributed by atoms with E-state index in [4.69, 9.17) is 15.3 Å². The lowest BCUT2D eigenvalue weighted by Gasteiger charge is -2.20. The van der Waals surface area contributed by atoms with Crippen LogP contribution in [0.3, 0.4) is 0 Å². The molecule has 0 aliphatic heterocycles. The SMILES string of the molecule is CCOc1ccc(C(=O)N(CCC#N)CCC#N)cc1. The molecule has 1 aromatic rings. The topological polar surface area (TPSA) is 77.1 Å². The van der Waals surface area contributed by atoms with E-state index in [1.54, 1.807) is 24.3 Å². The molecular weight excluding hydrogens is 254 g/mol. The Hall–Kier alpha value is -2.53. The van der Waals surface area contributed by atoms with Gasteiger partial charge in [-0.3, -0.25) is 4.79 Å². The summed E-state index contributed by atoms with van der Waals surface area (Å²) in [4.78, 5) is 13.8. The van der Waals surface area contributed by atoms with E-state index in [9.17, 15) is 4.79 Å². The highest BCUT2D eigenvalue weighted by atomic mass is 16.5. The highest BCUT2D eigenvalue weighted by molar-refractivity contribution is 5.94. The van der Waals surface area contributed by atoms with Crippen molar-refractivity contribution < 1.29 is 9.53 Å². The molecule has 0 aromatic heterocycles. The lowest BCUT2D eigenvalue weighted by molar-refractivity contribution is 0.0762. The van der Waals surface area contributed by atoms with Gasteiger partial charge in [0.2, 0.25) is 0 Å². The first-order chi connectivity index (χ1) is 9.72. The first-order valence-electron chi connectivity index (χ1n) is 6.49. The second-order valence-corrected chi connectivity index (χ2v) is 4.07. The minimum atomic E-state index is -0.168. The van der Waals surface area contributed by atoms with Gasteiger partial charge in [-0.15, -0.1) is 0 Å². The number of hydrogen-bond acceptors (Lipinski definition) is 4. The van der Waals surface area contributed by atoms with E-state index in [1.807, 2.05) is 19.1 Å². The summed E-state index contributed by atoms with van der Waals surface area (Å²) >= 11 is 0. The van der Waals surface area contributed by atoms with Gasteiger partial charge in [-0.1, -0.05) is 0 Å². The first-order valence-corrected chi connectivity index (χ1v) is 6.49. The number of nitriles is 2. The van der Waals surface area contributed by atoms with Gasteiger partial charge in [0.1, 0.15) is 5.75 Å². The third kappa shape index (κ3) is 4.62. The molecule has 0 radical (unpaired) electrons. The molecule has 0 aliphatic rings. The maximum Gasteiger partial charge on any atom is 0.253 e. The molecule has 0 N–H and O–H groups in total. The molecule has 0 saturated carbocycles. The number of carbonyl (C=O) groups is 1. The van der Waals surface area contributed by atoms with Crippen LogP contribution in [0.2, 0.25) is 0 Å². The molecule has 5 nitrogen and oxygen atoms in total. The van der Waals surface area contributed by atoms with Crippen LogP contribution < -0.4 is 4.74 Å². The maximum absolute atomic E-state index is 12.3. The largest absolute Gasteiger partial charge is 0.494 e. The smallest absolute Gasteiger partial charge is 0.253 e. The molecule has 0 spiro atoms. The van der Waals surface area contributed by atoms with Crippen LogP contribution in [0.25, 0.3) is 0 Å². The lowest BCUT2D eigenvalue weighted by atomic mass is 10.2. The van der Waals surface area contributed by atoms with Crippen molar-refractivity contribution in [3.63, 3.8) is 0 Å². The van der Waals surface area contributed by atoms with Gasteiger partial charge >= 0.3 is 0 Å². The van der Waals surface area contributed by atoms with Crippen LogP contribution in [-0.2, 0) is 0 Å². The van der Waals surface area contributed by atoms with Gasteiger partial charge in [-0.05, 0) is 31.2 Å². The molecule has 1 aromatic carbocycles. The standard InChI is InChI=1S/C15H17N3O2/c1-2-20-14-7-5-13(6-8-14)15(19)18(11-3-9-16)12-4-10-17/h5-8H,2-4,11-12H2,1H3. The van der Waals surface area contributed by atoms with Crippen molar-refractivity contribution in [2.75, 3.05) is 19.7 Å². The van der Waals surface area contributed by atoms with Crippen LogP contribution in [0.15, 0.2) is 24.3 Å². The fraction of sp³-hybridized carbons (Fsp3) is 0.400. The second-order valence-electron chi connectivity index (χ2n) is 4.07. The van der Waals surface area contributed by atoms with Gasteiger partial charge in [-0.25, -0.2) is 0 Å². The van der Waals surface area contributed by atoms with Crippen molar-refractivity contribution in [1.82, 2.24) is 4.90 Å². The van der Waals surface area contributed by atoms with Crippen LogP contribution in [0.1, 0.15) is 30.1 Å².